The zero-order chi connectivity index (χ0) is 21.5. The molecule has 1 aromatic carbocycles. The minimum atomic E-state index is -0.264. The Morgan fingerprint density at radius 3 is 2.55 bits per heavy atom. The van der Waals surface area contributed by atoms with Gasteiger partial charge in [-0.25, -0.2) is 19.3 Å². The van der Waals surface area contributed by atoms with Crippen molar-refractivity contribution in [2.24, 2.45) is 0 Å². The molecule has 0 spiro atoms. The summed E-state index contributed by atoms with van der Waals surface area (Å²) in [5, 5.41) is 7.94. The largest absolute Gasteiger partial charge is 0.358 e. The molecule has 2 aromatic heterocycles. The van der Waals surface area contributed by atoms with E-state index in [0.717, 1.165) is 42.3 Å². The van der Waals surface area contributed by atoms with Crippen LogP contribution in [0.1, 0.15) is 24.8 Å². The fourth-order valence-electron chi connectivity index (χ4n) is 3.17. The highest BCUT2D eigenvalue weighted by Crippen LogP contribution is 2.28. The summed E-state index contributed by atoms with van der Waals surface area (Å²) in [6.07, 6.45) is 6.94. The van der Waals surface area contributed by atoms with Crippen molar-refractivity contribution in [3.8, 4) is 0 Å². The summed E-state index contributed by atoms with van der Waals surface area (Å²) < 4.78 is 13.1. The number of nitrogens with one attached hydrogen (secondary N) is 2. The van der Waals surface area contributed by atoms with Gasteiger partial charge in [0.05, 0.1) is 0 Å². The molecule has 0 saturated carbocycles. The maximum absolute atomic E-state index is 13.1. The van der Waals surface area contributed by atoms with Crippen LogP contribution in [-0.4, -0.2) is 38.1 Å². The minimum absolute atomic E-state index is 0.264. The number of hydrogen-bond acceptors (Lipinski definition) is 7. The Morgan fingerprint density at radius 1 is 1.06 bits per heavy atom. The Balaban J connectivity index is 1.48. The van der Waals surface area contributed by atoms with Gasteiger partial charge in [0.2, 0.25) is 5.95 Å². The number of hydrogen-bond donors (Lipinski definition) is 2. The van der Waals surface area contributed by atoms with Gasteiger partial charge in [0.15, 0.2) is 10.3 Å². The number of nitrogens with zero attached hydrogens (tertiary/aromatic N) is 5. The van der Waals surface area contributed by atoms with Crippen LogP contribution in [0.4, 0.5) is 16.2 Å². The first kappa shape index (κ1) is 21.4. The minimum Gasteiger partial charge on any atom is -0.358 e. The van der Waals surface area contributed by atoms with Gasteiger partial charge >= 0.3 is 0 Å². The molecule has 0 bridgehead atoms. The van der Waals surface area contributed by atoms with Crippen LogP contribution < -0.4 is 15.5 Å². The standard InChI is InChI=1S/C21H22FN7S2/c22-16-7-5-15(6-8-16)14-25-20(30)28-19-26-17(29-11-2-1-3-12-29)13-18(27-19)31-21-23-9-4-10-24-21/h4-10,13H,1-3,11-12,14H2,(H2,25,26,27,28,30). The lowest BCUT2D eigenvalue weighted by Crippen LogP contribution is -2.32. The Morgan fingerprint density at radius 2 is 1.81 bits per heavy atom. The van der Waals surface area contributed by atoms with Gasteiger partial charge in [0.1, 0.15) is 16.7 Å². The van der Waals surface area contributed by atoms with Crippen molar-refractivity contribution >= 4 is 40.9 Å². The van der Waals surface area contributed by atoms with Crippen LogP contribution >= 0.6 is 24.0 Å². The normalized spacial score (nSPS) is 13.6. The lowest BCUT2D eigenvalue weighted by atomic mass is 10.1. The molecule has 0 radical (unpaired) electrons. The van der Waals surface area contributed by atoms with Crippen LogP contribution in [0.5, 0.6) is 0 Å². The molecule has 0 aliphatic carbocycles. The van der Waals surface area contributed by atoms with Crippen molar-refractivity contribution in [3.63, 3.8) is 0 Å². The molecular weight excluding hydrogens is 433 g/mol. The van der Waals surface area contributed by atoms with Crippen LogP contribution in [-0.2, 0) is 6.54 Å². The maximum Gasteiger partial charge on any atom is 0.232 e. The van der Waals surface area contributed by atoms with E-state index in [1.54, 1.807) is 30.6 Å². The average molecular weight is 456 g/mol. The molecule has 160 valence electrons. The van der Waals surface area contributed by atoms with Crippen molar-refractivity contribution in [2.75, 3.05) is 23.3 Å². The molecule has 1 saturated heterocycles. The molecule has 1 aliphatic rings. The van der Waals surface area contributed by atoms with E-state index in [2.05, 4.69) is 35.5 Å². The highest BCUT2D eigenvalue weighted by molar-refractivity contribution is 7.99. The third kappa shape index (κ3) is 6.31. The van der Waals surface area contributed by atoms with Crippen molar-refractivity contribution in [2.45, 2.75) is 36.0 Å². The first-order chi connectivity index (χ1) is 15.2. The Kier molecular flexibility index (Phi) is 7.21. The van der Waals surface area contributed by atoms with Crippen molar-refractivity contribution in [1.29, 1.82) is 0 Å². The molecular formula is C21H22FN7S2. The summed E-state index contributed by atoms with van der Waals surface area (Å²) in [6.45, 7) is 2.41. The second-order valence-electron chi connectivity index (χ2n) is 7.00. The number of halogens is 1. The first-order valence-corrected chi connectivity index (χ1v) is 11.3. The van der Waals surface area contributed by atoms with Crippen LogP contribution in [0.25, 0.3) is 0 Å². The van der Waals surface area contributed by atoms with Crippen LogP contribution in [0.15, 0.2) is 59.0 Å². The third-order valence-electron chi connectivity index (χ3n) is 4.70. The van der Waals surface area contributed by atoms with E-state index in [1.165, 1.54) is 30.3 Å². The highest BCUT2D eigenvalue weighted by atomic mass is 32.2. The zero-order valence-corrected chi connectivity index (χ0v) is 18.4. The molecule has 0 unspecified atom stereocenters. The molecule has 4 rings (SSSR count). The van der Waals surface area contributed by atoms with E-state index in [9.17, 15) is 4.39 Å². The summed E-state index contributed by atoms with van der Waals surface area (Å²) in [4.78, 5) is 20.1. The topological polar surface area (TPSA) is 78.9 Å². The molecule has 3 aromatic rings. The fourth-order valence-corrected chi connectivity index (χ4v) is 4.04. The predicted molar refractivity (Wildman–Crippen MR) is 124 cm³/mol. The lowest BCUT2D eigenvalue weighted by Gasteiger charge is -2.28. The van der Waals surface area contributed by atoms with Crippen LogP contribution in [0, 0.1) is 5.82 Å². The molecule has 2 N–H and O–H groups in total. The molecule has 0 amide bonds. The van der Waals surface area contributed by atoms with Gasteiger partial charge in [-0.3, -0.25) is 0 Å². The monoisotopic (exact) mass is 455 g/mol. The van der Waals surface area contributed by atoms with Gasteiger partial charge in [-0.2, -0.15) is 4.98 Å². The van der Waals surface area contributed by atoms with Crippen molar-refractivity contribution < 1.29 is 4.39 Å². The van der Waals surface area contributed by atoms with Crippen LogP contribution in [0.3, 0.4) is 0 Å². The number of anilines is 2. The van der Waals surface area contributed by atoms with E-state index < -0.39 is 0 Å². The lowest BCUT2D eigenvalue weighted by molar-refractivity contribution is 0.572. The van der Waals surface area contributed by atoms with Gasteiger partial charge < -0.3 is 15.5 Å². The Bertz CT molecular complexity index is 1010. The molecule has 1 fully saturated rings. The summed E-state index contributed by atoms with van der Waals surface area (Å²) >= 11 is 6.79. The molecule has 10 heteroatoms. The first-order valence-electron chi connectivity index (χ1n) is 10.0. The van der Waals surface area contributed by atoms with Crippen molar-refractivity contribution in [3.05, 3.63) is 60.2 Å². The van der Waals surface area contributed by atoms with Gasteiger partial charge in [-0.1, -0.05) is 12.1 Å². The van der Waals surface area contributed by atoms with E-state index in [0.29, 0.717) is 22.8 Å². The Hall–Kier alpha value is -2.85. The van der Waals surface area contributed by atoms with Crippen molar-refractivity contribution in [1.82, 2.24) is 25.3 Å². The molecule has 1 aliphatic heterocycles. The maximum atomic E-state index is 13.1. The average Bonchev–Trinajstić information content (AvgIpc) is 2.80. The Labute approximate surface area is 189 Å². The van der Waals surface area contributed by atoms with E-state index >= 15 is 0 Å². The number of rotatable bonds is 6. The van der Waals surface area contributed by atoms with Gasteiger partial charge in [-0.15, -0.1) is 0 Å². The number of thiocarbonyl (C=S) groups is 1. The van der Waals surface area contributed by atoms with Crippen LogP contribution in [0.2, 0.25) is 0 Å². The quantitative estimate of drug-likeness (QED) is 0.325. The van der Waals surface area contributed by atoms with E-state index in [-0.39, 0.29) is 5.82 Å². The molecule has 0 atom stereocenters. The van der Waals surface area contributed by atoms with E-state index in [4.69, 9.17) is 12.2 Å². The highest BCUT2D eigenvalue weighted by Gasteiger charge is 2.16. The molecule has 3 heterocycles. The second-order valence-corrected chi connectivity index (χ2v) is 8.40. The SMILES string of the molecule is Fc1ccc(CNC(=S)Nc2nc(Sc3ncccn3)cc(N3CCCCC3)n2)cc1. The van der Waals surface area contributed by atoms with Gasteiger partial charge in [-0.05, 0) is 67.0 Å². The smallest absolute Gasteiger partial charge is 0.232 e. The van der Waals surface area contributed by atoms with E-state index in [1.807, 2.05) is 6.07 Å². The summed E-state index contributed by atoms with van der Waals surface area (Å²) in [5.41, 5.74) is 0.922. The number of piperidine rings is 1. The fraction of sp³-hybridized carbons (Fsp3) is 0.286. The molecule has 31 heavy (non-hydrogen) atoms. The van der Waals surface area contributed by atoms with Gasteiger partial charge in [0, 0.05) is 38.1 Å². The third-order valence-corrected chi connectivity index (χ3v) is 5.76. The zero-order valence-electron chi connectivity index (χ0n) is 16.8. The number of benzene rings is 1. The second kappa shape index (κ2) is 10.5. The predicted octanol–water partition coefficient (Wildman–Crippen LogP) is 4.03. The molecule has 7 nitrogen and oxygen atoms in total. The summed E-state index contributed by atoms with van der Waals surface area (Å²) in [5.74, 6) is 1.01. The number of aromatic nitrogens is 4. The summed E-state index contributed by atoms with van der Waals surface area (Å²) in [6, 6.07) is 10.0. The van der Waals surface area contributed by atoms with Gasteiger partial charge in [0.25, 0.3) is 0 Å². The summed E-state index contributed by atoms with van der Waals surface area (Å²) in [7, 11) is 0.